The fourth-order valence-electron chi connectivity index (χ4n) is 3.49. The predicted octanol–water partition coefficient (Wildman–Crippen LogP) is 5.65. The Morgan fingerprint density at radius 1 is 0.914 bits per heavy atom. The van der Waals surface area contributed by atoms with Gasteiger partial charge in [0.15, 0.2) is 5.78 Å². The molecule has 0 N–H and O–H groups in total. The molecule has 3 aromatic rings. The second-order valence-electron chi connectivity index (χ2n) is 7.21. The number of benzene rings is 2. The lowest BCUT2D eigenvalue weighted by molar-refractivity contribution is -0.107. The van der Waals surface area contributed by atoms with Crippen LogP contribution < -0.4 is 10.5 Å². The number of carbonyl (C=O) groups is 2. The number of hydrogen-bond acceptors (Lipinski definition) is 4. The van der Waals surface area contributed by atoms with E-state index in [1.165, 1.54) is 11.0 Å². The van der Waals surface area contributed by atoms with Crippen LogP contribution >= 0.6 is 0 Å². The molecule has 188 valence electrons. The van der Waals surface area contributed by atoms with E-state index in [0.29, 0.717) is 23.5 Å². The minimum atomic E-state index is -1.05. The van der Waals surface area contributed by atoms with Crippen molar-refractivity contribution in [3.63, 3.8) is 0 Å². The molecule has 0 amide bonds. The van der Waals surface area contributed by atoms with E-state index in [9.17, 15) is 23.2 Å². The summed E-state index contributed by atoms with van der Waals surface area (Å²) in [5, 5.41) is 0. The molecule has 0 spiro atoms. The van der Waals surface area contributed by atoms with Gasteiger partial charge in [0.1, 0.15) is 29.6 Å². The highest BCUT2D eigenvalue weighted by molar-refractivity contribution is 6.12. The average molecular weight is 489 g/mol. The van der Waals surface area contributed by atoms with E-state index in [0.717, 1.165) is 28.8 Å². The van der Waals surface area contributed by atoms with Crippen molar-refractivity contribution >= 4 is 17.9 Å². The van der Waals surface area contributed by atoms with Crippen molar-refractivity contribution in [2.75, 3.05) is 19.0 Å². The summed E-state index contributed by atoms with van der Waals surface area (Å²) in [5.41, 5.74) is -0.324. The molecule has 35 heavy (non-hydrogen) atoms. The number of ketones is 1. The van der Waals surface area contributed by atoms with Gasteiger partial charge in [-0.15, -0.1) is 0 Å². The van der Waals surface area contributed by atoms with Gasteiger partial charge < -0.3 is 9.69 Å². The first-order chi connectivity index (χ1) is 16.6. The molecule has 3 rings (SSSR count). The molecule has 0 saturated carbocycles. The molecule has 0 unspecified atom stereocenters. The third kappa shape index (κ3) is 6.47. The van der Waals surface area contributed by atoms with Crippen molar-refractivity contribution in [1.29, 1.82) is 0 Å². The van der Waals surface area contributed by atoms with Gasteiger partial charge in [-0.25, -0.2) is 13.2 Å². The molecule has 1 heterocycles. The minimum Gasteiger partial charge on any atom is -0.363 e. The molecule has 0 aliphatic heterocycles. The molecule has 8 heteroatoms. The monoisotopic (exact) mass is 488 g/mol. The summed E-state index contributed by atoms with van der Waals surface area (Å²) < 4.78 is 43.6. The van der Waals surface area contributed by atoms with Crippen LogP contribution in [0, 0.1) is 24.4 Å². The van der Waals surface area contributed by atoms with E-state index in [4.69, 9.17) is 0 Å². The Labute approximate surface area is 203 Å². The molecule has 1 aromatic heterocycles. The van der Waals surface area contributed by atoms with Gasteiger partial charge in [0.2, 0.25) is 0 Å². The second-order valence-corrected chi connectivity index (χ2v) is 7.21. The molecule has 0 bridgehead atoms. The van der Waals surface area contributed by atoms with E-state index < -0.39 is 28.8 Å². The highest BCUT2D eigenvalue weighted by Crippen LogP contribution is 2.28. The van der Waals surface area contributed by atoms with E-state index in [2.05, 4.69) is 0 Å². The summed E-state index contributed by atoms with van der Waals surface area (Å²) in [6.45, 7) is 9.58. The highest BCUT2D eigenvalue weighted by atomic mass is 19.1. The Morgan fingerprint density at radius 2 is 1.51 bits per heavy atom. The quantitative estimate of drug-likeness (QED) is 0.332. The van der Waals surface area contributed by atoms with E-state index in [1.807, 2.05) is 27.7 Å². The lowest BCUT2D eigenvalue weighted by Gasteiger charge is -2.24. The van der Waals surface area contributed by atoms with Gasteiger partial charge in [-0.3, -0.25) is 14.2 Å². The van der Waals surface area contributed by atoms with Crippen molar-refractivity contribution in [3.8, 4) is 5.69 Å². The third-order valence-electron chi connectivity index (χ3n) is 4.77. The molecule has 0 aliphatic rings. The highest BCUT2D eigenvalue weighted by Gasteiger charge is 2.24. The SMILES string of the molecule is CC.CC.Cc1cc(CC=O)cc(F)c1-n1c(N(C)C)c(C(=O)c2ccc(F)cc2F)ccc1=O. The normalized spacial score (nSPS) is 9.89. The van der Waals surface area contributed by atoms with Crippen LogP contribution in [0.25, 0.3) is 5.69 Å². The largest absolute Gasteiger partial charge is 0.363 e. The van der Waals surface area contributed by atoms with Crippen LogP contribution in [0.15, 0.2) is 47.3 Å². The van der Waals surface area contributed by atoms with E-state index in [1.54, 1.807) is 27.1 Å². The maximum Gasteiger partial charge on any atom is 0.256 e. The number of pyridine rings is 1. The lowest BCUT2D eigenvalue weighted by atomic mass is 10.0. The minimum absolute atomic E-state index is 0.00977. The topological polar surface area (TPSA) is 59.4 Å². The molecule has 0 radical (unpaired) electrons. The lowest BCUT2D eigenvalue weighted by Crippen LogP contribution is -2.29. The summed E-state index contributed by atoms with van der Waals surface area (Å²) in [6.07, 6.45) is 0.650. The van der Waals surface area contributed by atoms with Gasteiger partial charge in [0.25, 0.3) is 5.56 Å². The summed E-state index contributed by atoms with van der Waals surface area (Å²) in [6, 6.07) is 7.60. The first kappa shape index (κ1) is 29.4. The number of nitrogens with zero attached hydrogens (tertiary/aromatic N) is 2. The summed E-state index contributed by atoms with van der Waals surface area (Å²) in [5.74, 6) is -3.38. The van der Waals surface area contributed by atoms with Crippen LogP contribution in [-0.4, -0.2) is 30.7 Å². The number of halogens is 3. The standard InChI is InChI=1S/C23H19F3N2O3.2C2H6/c1-13-10-14(8-9-29)11-19(26)21(13)28-20(30)7-6-17(23(28)27(2)3)22(31)16-5-4-15(24)12-18(16)25;2*1-2/h4-7,9-12H,8H2,1-3H3;2*1-2H3. The Bertz CT molecular complexity index is 1230. The zero-order valence-corrected chi connectivity index (χ0v) is 21.1. The van der Waals surface area contributed by atoms with Gasteiger partial charge in [-0.1, -0.05) is 33.8 Å². The fraction of sp³-hybridized carbons (Fsp3) is 0.296. The van der Waals surface area contributed by atoms with Gasteiger partial charge in [-0.05, 0) is 42.3 Å². The van der Waals surface area contributed by atoms with Gasteiger partial charge in [0.05, 0.1) is 16.8 Å². The average Bonchev–Trinajstić information content (AvgIpc) is 2.82. The first-order valence-corrected chi connectivity index (χ1v) is 11.3. The van der Waals surface area contributed by atoms with Crippen LogP contribution in [0.2, 0.25) is 0 Å². The molecule has 0 atom stereocenters. The molecular weight excluding hydrogens is 457 g/mol. The van der Waals surface area contributed by atoms with Gasteiger partial charge >= 0.3 is 0 Å². The predicted molar refractivity (Wildman–Crippen MR) is 133 cm³/mol. The van der Waals surface area contributed by atoms with Gasteiger partial charge in [0, 0.05) is 32.6 Å². The summed E-state index contributed by atoms with van der Waals surface area (Å²) in [4.78, 5) is 38.0. The van der Waals surface area contributed by atoms with Crippen LogP contribution in [0.3, 0.4) is 0 Å². The number of hydrogen-bond donors (Lipinski definition) is 0. The second kappa shape index (κ2) is 13.3. The van der Waals surface area contributed by atoms with Gasteiger partial charge in [-0.2, -0.15) is 0 Å². The number of aromatic nitrogens is 1. The van der Waals surface area contributed by atoms with Crippen molar-refractivity contribution in [3.05, 3.63) is 92.5 Å². The Balaban J connectivity index is 0.00000145. The zero-order chi connectivity index (χ0) is 26.9. The van der Waals surface area contributed by atoms with E-state index in [-0.39, 0.29) is 29.1 Å². The number of anilines is 1. The maximum atomic E-state index is 15.0. The molecular formula is C27H31F3N2O3. The fourth-order valence-corrected chi connectivity index (χ4v) is 3.49. The Hall–Kier alpha value is -3.68. The Morgan fingerprint density at radius 3 is 2.03 bits per heavy atom. The van der Waals surface area contributed by atoms with Crippen LogP contribution in [0.4, 0.5) is 19.0 Å². The Kier molecular flexibility index (Phi) is 11.1. The smallest absolute Gasteiger partial charge is 0.256 e. The first-order valence-electron chi connectivity index (χ1n) is 11.3. The van der Waals surface area contributed by atoms with Crippen LogP contribution in [0.1, 0.15) is 54.7 Å². The van der Waals surface area contributed by atoms with Crippen molar-refractivity contribution in [2.45, 2.75) is 41.0 Å². The van der Waals surface area contributed by atoms with Crippen molar-refractivity contribution in [2.24, 2.45) is 0 Å². The zero-order valence-electron chi connectivity index (χ0n) is 21.1. The molecule has 2 aromatic carbocycles. The third-order valence-corrected chi connectivity index (χ3v) is 4.77. The summed E-state index contributed by atoms with van der Waals surface area (Å²) in [7, 11) is 3.11. The summed E-state index contributed by atoms with van der Waals surface area (Å²) >= 11 is 0. The molecule has 0 fully saturated rings. The van der Waals surface area contributed by atoms with Crippen molar-refractivity contribution < 1.29 is 22.8 Å². The maximum absolute atomic E-state index is 15.0. The molecule has 0 aliphatic carbocycles. The van der Waals surface area contributed by atoms with Crippen LogP contribution in [0.5, 0.6) is 0 Å². The number of aldehydes is 1. The number of rotatable bonds is 6. The van der Waals surface area contributed by atoms with Crippen LogP contribution in [-0.2, 0) is 11.2 Å². The molecule has 5 nitrogen and oxygen atoms in total. The number of carbonyl (C=O) groups excluding carboxylic acids is 2. The van der Waals surface area contributed by atoms with E-state index >= 15 is 4.39 Å². The number of aryl methyl sites for hydroxylation is 1. The van der Waals surface area contributed by atoms with Crippen molar-refractivity contribution in [1.82, 2.24) is 4.57 Å². The molecule has 0 saturated heterocycles.